The molecule has 6 rings (SSSR count). The normalized spacial score (nSPS) is 10.6. The van der Waals surface area contributed by atoms with Crippen LogP contribution in [0.5, 0.6) is 0 Å². The van der Waals surface area contributed by atoms with Gasteiger partial charge in [-0.1, -0.05) is 72.1 Å². The summed E-state index contributed by atoms with van der Waals surface area (Å²) in [6.45, 7) is 8.41. The van der Waals surface area contributed by atoms with Gasteiger partial charge in [0, 0.05) is 56.2 Å². The number of furan rings is 1. The molecule has 4 nitrogen and oxygen atoms in total. The average Bonchev–Trinajstić information content (AvgIpc) is 3.37. The second-order valence-corrected chi connectivity index (χ2v) is 8.64. The van der Waals surface area contributed by atoms with E-state index in [2.05, 4.69) is 66.9 Å². The van der Waals surface area contributed by atoms with Crippen molar-refractivity contribution in [1.29, 1.82) is 0 Å². The van der Waals surface area contributed by atoms with Crippen LogP contribution < -0.4 is 0 Å². The Labute approximate surface area is 224 Å². The zero-order valence-corrected chi connectivity index (χ0v) is 23.0. The van der Waals surface area contributed by atoms with E-state index in [1.165, 1.54) is 22.3 Å². The molecule has 0 spiro atoms. The molecule has 0 aliphatic carbocycles. The molecule has 0 unspecified atom stereocenters. The van der Waals surface area contributed by atoms with Crippen molar-refractivity contribution in [1.82, 2.24) is 15.0 Å². The average molecular weight is 648 g/mol. The first kappa shape index (κ1) is 25.4. The van der Waals surface area contributed by atoms with Crippen molar-refractivity contribution in [2.24, 2.45) is 0 Å². The van der Waals surface area contributed by atoms with E-state index in [1.54, 1.807) is 18.7 Å². The van der Waals surface area contributed by atoms with Gasteiger partial charge >= 0.3 is 0 Å². The number of hydrogen-bond donors (Lipinski definition) is 0. The molecule has 0 bridgehead atoms. The fraction of sp³-hybridized carbons (Fsp3) is 0.129. The molecule has 0 fully saturated rings. The first-order valence-corrected chi connectivity index (χ1v) is 11.5. The number of aromatic nitrogens is 3. The summed E-state index contributed by atoms with van der Waals surface area (Å²) in [6, 6.07) is 24.6. The molecular weight excluding hydrogens is 623 g/mol. The van der Waals surface area contributed by atoms with Gasteiger partial charge in [0.25, 0.3) is 0 Å². The van der Waals surface area contributed by atoms with Crippen molar-refractivity contribution >= 4 is 21.9 Å². The number of nitrogens with zero attached hydrogens (tertiary/aromatic N) is 3. The summed E-state index contributed by atoms with van der Waals surface area (Å²) in [6.07, 6.45) is 7.14. The van der Waals surface area contributed by atoms with E-state index in [0.717, 1.165) is 44.4 Å². The van der Waals surface area contributed by atoms with Gasteiger partial charge in [0.05, 0.1) is 5.58 Å². The van der Waals surface area contributed by atoms with Gasteiger partial charge in [-0.15, -0.1) is 41.0 Å². The Morgan fingerprint density at radius 3 is 2.31 bits per heavy atom. The van der Waals surface area contributed by atoms with Crippen molar-refractivity contribution in [2.45, 2.75) is 27.7 Å². The Morgan fingerprint density at radius 1 is 0.750 bits per heavy atom. The van der Waals surface area contributed by atoms with Gasteiger partial charge in [0.15, 0.2) is 0 Å². The predicted octanol–water partition coefficient (Wildman–Crippen LogP) is 7.62. The van der Waals surface area contributed by atoms with Crippen LogP contribution >= 0.6 is 0 Å². The molecule has 0 aliphatic heterocycles. The molecule has 0 saturated heterocycles. The molecule has 36 heavy (non-hydrogen) atoms. The van der Waals surface area contributed by atoms with Crippen molar-refractivity contribution < 1.29 is 24.5 Å². The molecule has 181 valence electrons. The summed E-state index contributed by atoms with van der Waals surface area (Å²) in [5.41, 5.74) is 10.6. The number of aryl methyl sites for hydroxylation is 4. The van der Waals surface area contributed by atoms with E-state index < -0.39 is 0 Å². The van der Waals surface area contributed by atoms with Gasteiger partial charge in [-0.25, -0.2) is 0 Å². The number of pyridine rings is 3. The molecule has 0 atom stereocenters. The standard InChI is InChI=1S/C16H9N2O.C15H16N.Ir/c1-2-7-17-14(5-1)13-10-11-6-9-19-16(11)15-12(13)4-3-8-18-15;1-10-5-6-14(7-11(10)2)15-8-12(3)13(4)9-16-15;/h1-9H;5,7-9H,1-4H3;/q2*-1;. The number of fused-ring (bicyclic) bond motifs is 3. The third-order valence-electron chi connectivity index (χ3n) is 6.21. The SMILES string of the molecule is Cc1c[c-]c(-c2cc(C)c(C)cn2)cc1C.[Ir].[c-]1c(-c2ccccn2)c2cccnc2c2occc12. The quantitative estimate of drug-likeness (QED) is 0.182. The Balaban J connectivity index is 0.000000167. The van der Waals surface area contributed by atoms with E-state index >= 15 is 0 Å². The molecule has 0 saturated carbocycles. The van der Waals surface area contributed by atoms with Crippen LogP contribution in [0, 0.1) is 39.8 Å². The summed E-state index contributed by atoms with van der Waals surface area (Å²) in [5.74, 6) is 0. The summed E-state index contributed by atoms with van der Waals surface area (Å²) in [4.78, 5) is 13.3. The maximum absolute atomic E-state index is 5.51. The third-order valence-corrected chi connectivity index (χ3v) is 6.21. The van der Waals surface area contributed by atoms with Gasteiger partial charge in [-0.3, -0.25) is 9.97 Å². The van der Waals surface area contributed by atoms with Crippen LogP contribution in [-0.2, 0) is 20.1 Å². The van der Waals surface area contributed by atoms with Gasteiger partial charge in [0.1, 0.15) is 0 Å². The minimum absolute atomic E-state index is 0. The van der Waals surface area contributed by atoms with Crippen molar-refractivity contribution in [3.05, 3.63) is 114 Å². The first-order chi connectivity index (χ1) is 17.0. The second kappa shape index (κ2) is 10.9. The zero-order valence-electron chi connectivity index (χ0n) is 20.6. The van der Waals surface area contributed by atoms with Crippen molar-refractivity contribution in [2.75, 3.05) is 0 Å². The third kappa shape index (κ3) is 5.13. The molecule has 0 amide bonds. The smallest absolute Gasteiger partial charge is 0.0847 e. The predicted molar refractivity (Wildman–Crippen MR) is 141 cm³/mol. The van der Waals surface area contributed by atoms with E-state index in [9.17, 15) is 0 Å². The van der Waals surface area contributed by atoms with Crippen molar-refractivity contribution in [3.8, 4) is 22.5 Å². The number of benzene rings is 2. The van der Waals surface area contributed by atoms with Crippen LogP contribution in [0.15, 0.2) is 83.9 Å². The topological polar surface area (TPSA) is 51.8 Å². The molecule has 5 heteroatoms. The van der Waals surface area contributed by atoms with Crippen LogP contribution in [0.1, 0.15) is 22.3 Å². The number of hydrogen-bond acceptors (Lipinski definition) is 4. The molecule has 6 aromatic rings. The van der Waals surface area contributed by atoms with Crippen LogP contribution in [0.2, 0.25) is 0 Å². The minimum atomic E-state index is 0. The monoisotopic (exact) mass is 648 g/mol. The van der Waals surface area contributed by atoms with Gasteiger partial charge in [0.2, 0.25) is 0 Å². The Kier molecular flexibility index (Phi) is 7.73. The van der Waals surface area contributed by atoms with Crippen LogP contribution in [0.4, 0.5) is 0 Å². The van der Waals surface area contributed by atoms with Gasteiger partial charge in [-0.05, 0) is 31.2 Å². The van der Waals surface area contributed by atoms with Crippen molar-refractivity contribution in [3.63, 3.8) is 0 Å². The largest absolute Gasteiger partial charge is 0.506 e. The maximum atomic E-state index is 5.51. The Morgan fingerprint density at radius 2 is 1.56 bits per heavy atom. The molecule has 4 aromatic heterocycles. The zero-order chi connectivity index (χ0) is 24.4. The fourth-order valence-corrected chi connectivity index (χ4v) is 3.89. The second-order valence-electron chi connectivity index (χ2n) is 8.64. The molecule has 1 radical (unpaired) electrons. The summed E-state index contributed by atoms with van der Waals surface area (Å²) >= 11 is 0. The fourth-order valence-electron chi connectivity index (χ4n) is 3.89. The Hall–Kier alpha value is -3.66. The maximum Gasteiger partial charge on any atom is 0.0847 e. The van der Waals surface area contributed by atoms with E-state index in [4.69, 9.17) is 4.42 Å². The molecule has 4 heterocycles. The van der Waals surface area contributed by atoms with Gasteiger partial charge < -0.3 is 9.40 Å². The van der Waals surface area contributed by atoms with E-state index in [0.29, 0.717) is 0 Å². The molecule has 0 N–H and O–H groups in total. The summed E-state index contributed by atoms with van der Waals surface area (Å²) < 4.78 is 5.51. The van der Waals surface area contributed by atoms with Gasteiger partial charge in [-0.2, -0.15) is 0 Å². The number of rotatable bonds is 2. The summed E-state index contributed by atoms with van der Waals surface area (Å²) in [7, 11) is 0. The Bertz CT molecular complexity index is 1590. The van der Waals surface area contributed by atoms with Crippen LogP contribution in [0.25, 0.3) is 44.4 Å². The summed E-state index contributed by atoms with van der Waals surface area (Å²) in [5, 5.41) is 1.93. The van der Waals surface area contributed by atoms with Crippen LogP contribution in [0.3, 0.4) is 0 Å². The molecule has 2 aromatic carbocycles. The van der Waals surface area contributed by atoms with E-state index in [1.807, 2.05) is 48.7 Å². The minimum Gasteiger partial charge on any atom is -0.506 e. The van der Waals surface area contributed by atoms with Crippen LogP contribution in [-0.4, -0.2) is 15.0 Å². The molecular formula is C31H25IrN3O-2. The molecule has 0 aliphatic rings. The first-order valence-electron chi connectivity index (χ1n) is 11.5. The van der Waals surface area contributed by atoms with E-state index in [-0.39, 0.29) is 20.1 Å².